The third-order valence-electron chi connectivity index (χ3n) is 6.97. The number of aliphatic hydroxyl groups is 1. The van der Waals surface area contributed by atoms with Gasteiger partial charge in [0.15, 0.2) is 11.6 Å². The largest absolute Gasteiger partial charge is 0.392 e. The second-order valence-electron chi connectivity index (χ2n) is 9.48. The lowest BCUT2D eigenvalue weighted by Gasteiger charge is -2.32. The molecule has 0 atom stereocenters. The molecule has 3 aromatic rings. The van der Waals surface area contributed by atoms with Crippen LogP contribution < -0.4 is 5.32 Å². The van der Waals surface area contributed by atoms with Gasteiger partial charge in [-0.2, -0.15) is 0 Å². The summed E-state index contributed by atoms with van der Waals surface area (Å²) in [5.41, 5.74) is 7.40. The Labute approximate surface area is 200 Å². The van der Waals surface area contributed by atoms with E-state index in [1.54, 1.807) is 0 Å². The maximum Gasteiger partial charge on any atom is 0.194 e. The number of anilines is 1. The number of Topliss-reactive ketones (excluding diaryl/α,β-unsaturated/α-hetero) is 1. The average Bonchev–Trinajstić information content (AvgIpc) is 3.13. The van der Waals surface area contributed by atoms with Crippen molar-refractivity contribution in [3.8, 4) is 11.1 Å². The number of ketones is 2. The highest BCUT2D eigenvalue weighted by molar-refractivity contribution is 6.21. The Kier molecular flexibility index (Phi) is 6.31. The Bertz CT molecular complexity index is 1240. The van der Waals surface area contributed by atoms with Gasteiger partial charge in [0.2, 0.25) is 0 Å². The maximum atomic E-state index is 12.8. The molecule has 0 unspecified atom stereocenters. The lowest BCUT2D eigenvalue weighted by Crippen LogP contribution is -2.41. The molecule has 0 aromatic heterocycles. The average molecular weight is 455 g/mol. The van der Waals surface area contributed by atoms with Gasteiger partial charge >= 0.3 is 0 Å². The smallest absolute Gasteiger partial charge is 0.194 e. The van der Waals surface area contributed by atoms with Crippen molar-refractivity contribution < 1.29 is 14.7 Å². The van der Waals surface area contributed by atoms with Crippen LogP contribution in [0.3, 0.4) is 0 Å². The molecule has 0 radical (unpaired) electrons. The fraction of sp³-hybridized carbons (Fsp3) is 0.310. The number of hydrogen-bond acceptors (Lipinski definition) is 5. The summed E-state index contributed by atoms with van der Waals surface area (Å²) in [6.07, 6.45) is 2.30. The summed E-state index contributed by atoms with van der Waals surface area (Å²) >= 11 is 0. The molecule has 1 heterocycles. The Morgan fingerprint density at radius 2 is 1.71 bits per heavy atom. The van der Waals surface area contributed by atoms with Gasteiger partial charge in [0.1, 0.15) is 0 Å². The summed E-state index contributed by atoms with van der Waals surface area (Å²) in [5.74, 6) is 0.266. The normalized spacial score (nSPS) is 15.8. The van der Waals surface area contributed by atoms with Crippen molar-refractivity contribution in [1.82, 2.24) is 4.90 Å². The van der Waals surface area contributed by atoms with E-state index in [-0.39, 0.29) is 18.2 Å². The van der Waals surface area contributed by atoms with Crippen LogP contribution in [0.15, 0.2) is 60.7 Å². The van der Waals surface area contributed by atoms with Crippen molar-refractivity contribution in [1.29, 1.82) is 0 Å². The van der Waals surface area contributed by atoms with E-state index in [0.29, 0.717) is 19.0 Å². The van der Waals surface area contributed by atoms with Gasteiger partial charge in [0, 0.05) is 47.9 Å². The van der Waals surface area contributed by atoms with Crippen LogP contribution in [0.25, 0.3) is 11.1 Å². The molecule has 5 nitrogen and oxygen atoms in total. The van der Waals surface area contributed by atoms with Crippen molar-refractivity contribution in [2.24, 2.45) is 0 Å². The number of fused-ring (bicyclic) bond motifs is 3. The van der Waals surface area contributed by atoms with Crippen molar-refractivity contribution in [2.75, 3.05) is 25.0 Å². The predicted octanol–water partition coefficient (Wildman–Crippen LogP) is 4.39. The first kappa shape index (κ1) is 22.5. The second-order valence-corrected chi connectivity index (χ2v) is 9.48. The second kappa shape index (κ2) is 9.53. The molecule has 0 spiro atoms. The van der Waals surface area contributed by atoms with Crippen LogP contribution in [-0.4, -0.2) is 47.2 Å². The summed E-state index contributed by atoms with van der Waals surface area (Å²) in [6, 6.07) is 19.9. The number of carbonyl (C=O) groups excluding carboxylic acids is 2. The highest BCUT2D eigenvalue weighted by Crippen LogP contribution is 2.37. The Hall–Kier alpha value is -3.28. The van der Waals surface area contributed by atoms with Gasteiger partial charge < -0.3 is 10.4 Å². The molecule has 1 saturated heterocycles. The molecule has 1 fully saturated rings. The van der Waals surface area contributed by atoms with Gasteiger partial charge in [0.05, 0.1) is 13.2 Å². The van der Waals surface area contributed by atoms with Gasteiger partial charge in [-0.25, -0.2) is 0 Å². The first-order valence-corrected chi connectivity index (χ1v) is 12.0. The number of hydrogen-bond donors (Lipinski definition) is 2. The molecule has 0 saturated carbocycles. The van der Waals surface area contributed by atoms with Crippen LogP contribution in [0.5, 0.6) is 0 Å². The lowest BCUT2D eigenvalue weighted by molar-refractivity contribution is -0.119. The topological polar surface area (TPSA) is 69.6 Å². The van der Waals surface area contributed by atoms with Crippen molar-refractivity contribution in [3.05, 3.63) is 88.5 Å². The summed E-state index contributed by atoms with van der Waals surface area (Å²) in [4.78, 5) is 27.6. The Morgan fingerprint density at radius 3 is 2.47 bits per heavy atom. The van der Waals surface area contributed by atoms with Gasteiger partial charge in [-0.1, -0.05) is 54.1 Å². The molecule has 5 heteroatoms. The predicted molar refractivity (Wildman–Crippen MR) is 134 cm³/mol. The number of nitrogens with zero attached hydrogens (tertiary/aromatic N) is 1. The molecule has 1 aliphatic heterocycles. The first-order chi connectivity index (χ1) is 16.5. The molecule has 2 N–H and O–H groups in total. The van der Waals surface area contributed by atoms with Crippen LogP contribution >= 0.6 is 0 Å². The molecule has 2 aliphatic rings. The van der Waals surface area contributed by atoms with E-state index < -0.39 is 0 Å². The molecular formula is C29H30N2O3. The number of aliphatic hydroxyl groups excluding tert-OH is 1. The van der Waals surface area contributed by atoms with E-state index in [1.807, 2.05) is 61.5 Å². The molecule has 0 bridgehead atoms. The van der Waals surface area contributed by atoms with Crippen LogP contribution in [0.2, 0.25) is 0 Å². The minimum Gasteiger partial charge on any atom is -0.392 e. The maximum absolute atomic E-state index is 12.8. The zero-order valence-electron chi connectivity index (χ0n) is 19.5. The van der Waals surface area contributed by atoms with E-state index in [2.05, 4.69) is 16.3 Å². The number of rotatable bonds is 7. The van der Waals surface area contributed by atoms with Crippen LogP contribution in [0.4, 0.5) is 5.69 Å². The summed E-state index contributed by atoms with van der Waals surface area (Å²) in [7, 11) is 0. The molecule has 174 valence electrons. The van der Waals surface area contributed by atoms with Gasteiger partial charge in [-0.3, -0.25) is 14.5 Å². The van der Waals surface area contributed by atoms with Crippen LogP contribution in [0, 0.1) is 6.92 Å². The Balaban J connectivity index is 1.16. The molecule has 5 rings (SSSR count). The molecule has 3 aromatic carbocycles. The zero-order chi connectivity index (χ0) is 23.7. The van der Waals surface area contributed by atoms with Gasteiger partial charge in [-0.05, 0) is 48.6 Å². The SMILES string of the molecule is Cc1ccc(NC2CCN(CC(=O)Cc3ccc4c(c3)-c3ccccc3C4=O)CC2)c(CO)c1. The standard InChI is InChI=1S/C29H30N2O3/c1-19-6-9-28(21(14-19)18-32)30-22-10-12-31(13-11-22)17-23(33)15-20-7-8-26-27(16-20)24-4-2-3-5-25(24)29(26)34/h2-9,14,16,22,30,32H,10-13,15,17-18H2,1H3. The highest BCUT2D eigenvalue weighted by atomic mass is 16.3. The van der Waals surface area contributed by atoms with E-state index in [0.717, 1.165) is 70.6 Å². The number of aryl methyl sites for hydroxylation is 1. The van der Waals surface area contributed by atoms with Crippen molar-refractivity contribution in [2.45, 2.75) is 38.8 Å². The fourth-order valence-electron chi connectivity index (χ4n) is 5.17. The van der Waals surface area contributed by atoms with E-state index in [1.165, 1.54) is 0 Å². The monoisotopic (exact) mass is 454 g/mol. The van der Waals surface area contributed by atoms with Crippen molar-refractivity contribution >= 4 is 17.3 Å². The molecule has 0 amide bonds. The quantitative estimate of drug-likeness (QED) is 0.434. The third kappa shape index (κ3) is 4.54. The number of benzene rings is 3. The third-order valence-corrected chi connectivity index (χ3v) is 6.97. The molecular weight excluding hydrogens is 424 g/mol. The number of carbonyl (C=O) groups is 2. The number of likely N-dealkylation sites (tertiary alicyclic amines) is 1. The van der Waals surface area contributed by atoms with E-state index >= 15 is 0 Å². The summed E-state index contributed by atoms with van der Waals surface area (Å²) < 4.78 is 0. The van der Waals surface area contributed by atoms with Crippen LogP contribution in [-0.2, 0) is 17.8 Å². The Morgan fingerprint density at radius 1 is 0.971 bits per heavy atom. The van der Waals surface area contributed by atoms with Crippen LogP contribution in [0.1, 0.15) is 45.5 Å². The highest BCUT2D eigenvalue weighted by Gasteiger charge is 2.27. The van der Waals surface area contributed by atoms with Gasteiger partial charge in [-0.15, -0.1) is 0 Å². The molecule has 1 aliphatic carbocycles. The lowest BCUT2D eigenvalue weighted by atomic mass is 9.99. The fourth-order valence-corrected chi connectivity index (χ4v) is 5.17. The first-order valence-electron chi connectivity index (χ1n) is 12.0. The summed E-state index contributed by atoms with van der Waals surface area (Å²) in [6.45, 7) is 4.25. The zero-order valence-corrected chi connectivity index (χ0v) is 19.5. The number of nitrogens with one attached hydrogen (secondary N) is 1. The minimum atomic E-state index is 0.0276. The van der Waals surface area contributed by atoms with E-state index in [9.17, 15) is 14.7 Å². The summed E-state index contributed by atoms with van der Waals surface area (Å²) in [5, 5.41) is 13.2. The van der Waals surface area contributed by atoms with E-state index in [4.69, 9.17) is 0 Å². The van der Waals surface area contributed by atoms with Gasteiger partial charge in [0.25, 0.3) is 0 Å². The van der Waals surface area contributed by atoms with Crippen molar-refractivity contribution in [3.63, 3.8) is 0 Å². The molecule has 34 heavy (non-hydrogen) atoms. The number of piperidine rings is 1. The minimum absolute atomic E-state index is 0.0276.